The molecule has 1 aliphatic carbocycles. The summed E-state index contributed by atoms with van der Waals surface area (Å²) in [5.41, 5.74) is 8.95. The van der Waals surface area contributed by atoms with E-state index in [-0.39, 0.29) is 5.54 Å². The Balaban J connectivity index is 2.02. The molecule has 18 heavy (non-hydrogen) atoms. The minimum Gasteiger partial charge on any atom is -0.337 e. The Morgan fingerprint density at radius 2 is 1.89 bits per heavy atom. The molecule has 1 aromatic heterocycles. The highest BCUT2D eigenvalue weighted by atomic mass is 79.9. The van der Waals surface area contributed by atoms with Crippen molar-refractivity contribution in [1.29, 1.82) is 0 Å². The quantitative estimate of drug-likeness (QED) is 0.926. The predicted molar refractivity (Wildman–Crippen MR) is 72.0 cm³/mol. The first-order valence-electron chi connectivity index (χ1n) is 5.90. The molecule has 1 aromatic carbocycles. The Morgan fingerprint density at radius 3 is 2.44 bits per heavy atom. The maximum absolute atomic E-state index is 6.04. The molecule has 3 rings (SSSR count). The summed E-state index contributed by atoms with van der Waals surface area (Å²) < 4.78 is 6.38. The summed E-state index contributed by atoms with van der Waals surface area (Å²) in [5.74, 6) is 1.16. The number of aryl methyl sites for hydroxylation is 2. The van der Waals surface area contributed by atoms with Crippen molar-refractivity contribution in [3.05, 3.63) is 33.6 Å². The standard InChI is InChI=1S/C13H14BrN3O/c1-7-5-9(6-8(2)10(7)14)11-16-12(18-17-11)13(15)3-4-13/h5-6H,3-4,15H2,1-2H3. The van der Waals surface area contributed by atoms with Crippen LogP contribution in [0.1, 0.15) is 29.9 Å². The van der Waals surface area contributed by atoms with Crippen LogP contribution in [-0.2, 0) is 5.54 Å². The Labute approximate surface area is 114 Å². The normalized spacial score (nSPS) is 16.9. The van der Waals surface area contributed by atoms with Crippen LogP contribution in [0.5, 0.6) is 0 Å². The zero-order chi connectivity index (χ0) is 12.9. The molecule has 0 spiro atoms. The fourth-order valence-electron chi connectivity index (χ4n) is 1.97. The SMILES string of the molecule is Cc1cc(-c2noc(C3(N)CC3)n2)cc(C)c1Br. The third kappa shape index (κ3) is 1.87. The predicted octanol–water partition coefficient (Wildman–Crippen LogP) is 3.06. The van der Waals surface area contributed by atoms with E-state index >= 15 is 0 Å². The van der Waals surface area contributed by atoms with Gasteiger partial charge >= 0.3 is 0 Å². The maximum atomic E-state index is 6.04. The number of benzene rings is 1. The fourth-order valence-corrected chi connectivity index (χ4v) is 2.20. The second-order valence-corrected chi connectivity index (χ2v) is 5.80. The van der Waals surface area contributed by atoms with Gasteiger partial charge in [0.2, 0.25) is 11.7 Å². The molecule has 0 aliphatic heterocycles. The third-order valence-electron chi connectivity index (χ3n) is 3.34. The van der Waals surface area contributed by atoms with E-state index in [9.17, 15) is 0 Å². The van der Waals surface area contributed by atoms with Gasteiger partial charge in [0, 0.05) is 10.0 Å². The summed E-state index contributed by atoms with van der Waals surface area (Å²) in [6, 6.07) is 4.09. The van der Waals surface area contributed by atoms with Gasteiger partial charge in [0.05, 0.1) is 5.54 Å². The molecule has 0 saturated heterocycles. The largest absolute Gasteiger partial charge is 0.337 e. The molecule has 0 atom stereocenters. The van der Waals surface area contributed by atoms with E-state index in [0.717, 1.165) is 34.0 Å². The third-order valence-corrected chi connectivity index (χ3v) is 4.59. The van der Waals surface area contributed by atoms with Gasteiger partial charge in [-0.3, -0.25) is 0 Å². The van der Waals surface area contributed by atoms with Crippen molar-refractivity contribution in [3.8, 4) is 11.4 Å². The van der Waals surface area contributed by atoms with Gasteiger partial charge in [0.25, 0.3) is 0 Å². The number of halogens is 1. The molecule has 2 N–H and O–H groups in total. The summed E-state index contributed by atoms with van der Waals surface area (Å²) in [7, 11) is 0. The summed E-state index contributed by atoms with van der Waals surface area (Å²) >= 11 is 3.55. The summed E-state index contributed by atoms with van der Waals surface area (Å²) in [6.45, 7) is 4.10. The second kappa shape index (κ2) is 3.90. The van der Waals surface area contributed by atoms with E-state index in [4.69, 9.17) is 10.3 Å². The molecule has 2 aromatic rings. The van der Waals surface area contributed by atoms with E-state index in [0.29, 0.717) is 11.7 Å². The van der Waals surface area contributed by atoms with Crippen LogP contribution >= 0.6 is 15.9 Å². The molecule has 94 valence electrons. The zero-order valence-electron chi connectivity index (χ0n) is 10.3. The smallest absolute Gasteiger partial charge is 0.247 e. The Morgan fingerprint density at radius 1 is 1.28 bits per heavy atom. The molecule has 5 heteroatoms. The van der Waals surface area contributed by atoms with Crippen molar-refractivity contribution < 1.29 is 4.52 Å². The first-order chi connectivity index (χ1) is 8.49. The highest BCUT2D eigenvalue weighted by molar-refractivity contribution is 9.10. The van der Waals surface area contributed by atoms with E-state index in [1.54, 1.807) is 0 Å². The van der Waals surface area contributed by atoms with Gasteiger partial charge in [-0.05, 0) is 49.9 Å². The average molecular weight is 308 g/mol. The molecule has 1 aliphatic rings. The molecule has 1 heterocycles. The highest BCUT2D eigenvalue weighted by Crippen LogP contribution is 2.42. The van der Waals surface area contributed by atoms with Gasteiger partial charge in [-0.1, -0.05) is 21.1 Å². The van der Waals surface area contributed by atoms with E-state index in [1.807, 2.05) is 26.0 Å². The Bertz CT molecular complexity index is 593. The first-order valence-corrected chi connectivity index (χ1v) is 6.69. The average Bonchev–Trinajstić information content (AvgIpc) is 2.91. The lowest BCUT2D eigenvalue weighted by atomic mass is 10.1. The van der Waals surface area contributed by atoms with Gasteiger partial charge in [-0.2, -0.15) is 4.98 Å². The lowest BCUT2D eigenvalue weighted by Crippen LogP contribution is -2.18. The summed E-state index contributed by atoms with van der Waals surface area (Å²) in [5, 5.41) is 4.02. The van der Waals surface area contributed by atoms with Crippen LogP contribution in [-0.4, -0.2) is 10.1 Å². The number of rotatable bonds is 2. The van der Waals surface area contributed by atoms with Crippen LogP contribution in [0.15, 0.2) is 21.1 Å². The Kier molecular flexibility index (Phi) is 2.57. The number of aromatic nitrogens is 2. The molecular weight excluding hydrogens is 294 g/mol. The van der Waals surface area contributed by atoms with Crippen molar-refractivity contribution in [2.24, 2.45) is 5.73 Å². The molecule has 0 bridgehead atoms. The second-order valence-electron chi connectivity index (χ2n) is 5.00. The molecular formula is C13H14BrN3O. The van der Waals surface area contributed by atoms with Crippen molar-refractivity contribution in [1.82, 2.24) is 10.1 Å². The number of hydrogen-bond donors (Lipinski definition) is 1. The van der Waals surface area contributed by atoms with Gasteiger partial charge in [0.1, 0.15) is 0 Å². The lowest BCUT2D eigenvalue weighted by Gasteiger charge is -2.04. The van der Waals surface area contributed by atoms with Crippen molar-refractivity contribution in [2.75, 3.05) is 0 Å². The molecule has 0 radical (unpaired) electrons. The van der Waals surface area contributed by atoms with Crippen LogP contribution in [0.25, 0.3) is 11.4 Å². The molecule has 1 fully saturated rings. The lowest BCUT2D eigenvalue weighted by molar-refractivity contribution is 0.348. The van der Waals surface area contributed by atoms with Crippen LogP contribution in [0.3, 0.4) is 0 Å². The minimum absolute atomic E-state index is 0.370. The van der Waals surface area contributed by atoms with E-state index in [1.165, 1.54) is 0 Å². The van der Waals surface area contributed by atoms with Crippen LogP contribution in [0.2, 0.25) is 0 Å². The molecule has 4 nitrogen and oxygen atoms in total. The molecule has 0 unspecified atom stereocenters. The summed E-state index contributed by atoms with van der Waals surface area (Å²) in [6.07, 6.45) is 1.85. The number of hydrogen-bond acceptors (Lipinski definition) is 4. The van der Waals surface area contributed by atoms with Crippen molar-refractivity contribution in [2.45, 2.75) is 32.2 Å². The maximum Gasteiger partial charge on any atom is 0.247 e. The van der Waals surface area contributed by atoms with Crippen LogP contribution < -0.4 is 5.73 Å². The van der Waals surface area contributed by atoms with Gasteiger partial charge in [-0.15, -0.1) is 0 Å². The van der Waals surface area contributed by atoms with Crippen LogP contribution in [0.4, 0.5) is 0 Å². The molecule has 1 saturated carbocycles. The number of nitrogens with two attached hydrogens (primary N) is 1. The van der Waals surface area contributed by atoms with Gasteiger partial charge < -0.3 is 10.3 Å². The topological polar surface area (TPSA) is 64.9 Å². The summed E-state index contributed by atoms with van der Waals surface area (Å²) in [4.78, 5) is 4.41. The van der Waals surface area contributed by atoms with Crippen molar-refractivity contribution in [3.63, 3.8) is 0 Å². The first kappa shape index (κ1) is 11.9. The highest BCUT2D eigenvalue weighted by Gasteiger charge is 2.45. The monoisotopic (exact) mass is 307 g/mol. The fraction of sp³-hybridized carbons (Fsp3) is 0.385. The zero-order valence-corrected chi connectivity index (χ0v) is 11.9. The Hall–Kier alpha value is -1.20. The van der Waals surface area contributed by atoms with Gasteiger partial charge in [0.15, 0.2) is 0 Å². The molecule has 0 amide bonds. The number of nitrogens with zero attached hydrogens (tertiary/aromatic N) is 2. The van der Waals surface area contributed by atoms with E-state index < -0.39 is 0 Å². The minimum atomic E-state index is -0.370. The van der Waals surface area contributed by atoms with Crippen LogP contribution in [0, 0.1) is 13.8 Å². The van der Waals surface area contributed by atoms with E-state index in [2.05, 4.69) is 26.1 Å². The van der Waals surface area contributed by atoms with Crippen molar-refractivity contribution >= 4 is 15.9 Å². The van der Waals surface area contributed by atoms with Gasteiger partial charge in [-0.25, -0.2) is 0 Å².